The van der Waals surface area contributed by atoms with E-state index >= 15 is 0 Å². The number of carbonyl (C=O) groups is 2. The fourth-order valence-corrected chi connectivity index (χ4v) is 1.32. The molecule has 0 aliphatic rings. The van der Waals surface area contributed by atoms with E-state index in [0.29, 0.717) is 11.4 Å². The van der Waals surface area contributed by atoms with Crippen LogP contribution in [0.25, 0.3) is 0 Å². The van der Waals surface area contributed by atoms with Crippen LogP contribution in [0.3, 0.4) is 0 Å². The molecule has 2 amide bonds. The highest BCUT2D eigenvalue weighted by atomic mass is 16.2. The third kappa shape index (κ3) is 3.85. The molecule has 18 heavy (non-hydrogen) atoms. The summed E-state index contributed by atoms with van der Waals surface area (Å²) in [5, 5.41) is 5.41. The van der Waals surface area contributed by atoms with Gasteiger partial charge in [0.05, 0.1) is 5.54 Å². The van der Waals surface area contributed by atoms with Gasteiger partial charge < -0.3 is 16.4 Å². The Morgan fingerprint density at radius 3 is 2.33 bits per heavy atom. The molecule has 0 unspecified atom stereocenters. The largest absolute Gasteiger partial charge is 0.326 e. The number of nitrogens with one attached hydrogen (secondary N) is 2. The first kappa shape index (κ1) is 14.2. The molecule has 0 aliphatic heterocycles. The van der Waals surface area contributed by atoms with Crippen LogP contribution in [0.1, 0.15) is 26.3 Å². The summed E-state index contributed by atoms with van der Waals surface area (Å²) in [6, 6.07) is 5.31. The number of rotatable bonds is 3. The normalized spacial score (nSPS) is 10.9. The van der Waals surface area contributed by atoms with E-state index in [2.05, 4.69) is 10.6 Å². The SMILES string of the molecule is CC(=O)Nc1ccc(C)c(NC(=O)C(C)(C)N)c1. The monoisotopic (exact) mass is 249 g/mol. The van der Waals surface area contributed by atoms with Crippen LogP contribution in [0.4, 0.5) is 11.4 Å². The van der Waals surface area contributed by atoms with E-state index in [1.807, 2.05) is 13.0 Å². The standard InChI is InChI=1S/C13H19N3O2/c1-8-5-6-10(15-9(2)17)7-11(8)16-12(18)13(3,4)14/h5-7H,14H2,1-4H3,(H,15,17)(H,16,18). The van der Waals surface area contributed by atoms with Gasteiger partial charge in [0.15, 0.2) is 0 Å². The van der Waals surface area contributed by atoms with Gasteiger partial charge in [-0.2, -0.15) is 0 Å². The Morgan fingerprint density at radius 1 is 1.22 bits per heavy atom. The predicted octanol–water partition coefficient (Wildman–Crippen LogP) is 1.63. The van der Waals surface area contributed by atoms with Crippen molar-refractivity contribution in [1.82, 2.24) is 0 Å². The number of aryl methyl sites for hydroxylation is 1. The number of amides is 2. The van der Waals surface area contributed by atoms with E-state index < -0.39 is 5.54 Å². The molecule has 5 heteroatoms. The van der Waals surface area contributed by atoms with Gasteiger partial charge in [0.25, 0.3) is 0 Å². The second-order valence-electron chi connectivity index (χ2n) is 4.89. The van der Waals surface area contributed by atoms with Crippen molar-refractivity contribution in [3.8, 4) is 0 Å². The van der Waals surface area contributed by atoms with E-state index in [4.69, 9.17) is 5.73 Å². The highest BCUT2D eigenvalue weighted by Crippen LogP contribution is 2.21. The van der Waals surface area contributed by atoms with Crippen molar-refractivity contribution < 1.29 is 9.59 Å². The van der Waals surface area contributed by atoms with Crippen LogP contribution in [0.15, 0.2) is 18.2 Å². The first-order chi connectivity index (χ1) is 8.20. The van der Waals surface area contributed by atoms with Gasteiger partial charge in [0.1, 0.15) is 0 Å². The smallest absolute Gasteiger partial charge is 0.243 e. The van der Waals surface area contributed by atoms with Crippen molar-refractivity contribution in [2.24, 2.45) is 5.73 Å². The van der Waals surface area contributed by atoms with Gasteiger partial charge in [-0.3, -0.25) is 9.59 Å². The summed E-state index contributed by atoms with van der Waals surface area (Å²) in [4.78, 5) is 22.8. The maximum Gasteiger partial charge on any atom is 0.243 e. The van der Waals surface area contributed by atoms with Crippen molar-refractivity contribution in [2.75, 3.05) is 10.6 Å². The van der Waals surface area contributed by atoms with Crippen molar-refractivity contribution in [3.63, 3.8) is 0 Å². The van der Waals surface area contributed by atoms with E-state index in [1.54, 1.807) is 26.0 Å². The molecule has 0 radical (unpaired) electrons. The quantitative estimate of drug-likeness (QED) is 0.761. The van der Waals surface area contributed by atoms with Crippen molar-refractivity contribution in [1.29, 1.82) is 0 Å². The number of hydrogen-bond donors (Lipinski definition) is 3. The molecular formula is C13H19N3O2. The van der Waals surface area contributed by atoms with E-state index in [0.717, 1.165) is 5.56 Å². The summed E-state index contributed by atoms with van der Waals surface area (Å²) in [6.07, 6.45) is 0. The molecule has 5 nitrogen and oxygen atoms in total. The average Bonchev–Trinajstić information content (AvgIpc) is 2.20. The predicted molar refractivity (Wildman–Crippen MR) is 72.4 cm³/mol. The molecule has 0 aromatic heterocycles. The van der Waals surface area contributed by atoms with Gasteiger partial charge in [-0.1, -0.05) is 6.07 Å². The second kappa shape index (κ2) is 5.18. The van der Waals surface area contributed by atoms with Gasteiger partial charge in [-0.05, 0) is 38.5 Å². The minimum atomic E-state index is -0.948. The summed E-state index contributed by atoms with van der Waals surface area (Å²) in [5.74, 6) is -0.430. The Balaban J connectivity index is 2.94. The number of anilines is 2. The van der Waals surface area contributed by atoms with Crippen LogP contribution < -0.4 is 16.4 Å². The molecule has 1 rings (SSSR count). The summed E-state index contributed by atoms with van der Waals surface area (Å²) in [6.45, 7) is 6.57. The topological polar surface area (TPSA) is 84.2 Å². The van der Waals surface area contributed by atoms with Crippen LogP contribution in [0.5, 0.6) is 0 Å². The molecule has 0 heterocycles. The zero-order valence-electron chi connectivity index (χ0n) is 11.1. The molecule has 4 N–H and O–H groups in total. The number of carbonyl (C=O) groups excluding carboxylic acids is 2. The maximum atomic E-state index is 11.8. The molecule has 98 valence electrons. The lowest BCUT2D eigenvalue weighted by atomic mass is 10.1. The van der Waals surface area contributed by atoms with Gasteiger partial charge in [0, 0.05) is 18.3 Å². The van der Waals surface area contributed by atoms with Crippen molar-refractivity contribution in [2.45, 2.75) is 33.2 Å². The lowest BCUT2D eigenvalue weighted by molar-refractivity contribution is -0.120. The third-order valence-corrected chi connectivity index (χ3v) is 2.39. The zero-order chi connectivity index (χ0) is 13.9. The number of hydrogen-bond acceptors (Lipinski definition) is 3. The fourth-order valence-electron chi connectivity index (χ4n) is 1.32. The van der Waals surface area contributed by atoms with Crippen molar-refractivity contribution >= 4 is 23.2 Å². The molecule has 0 bridgehead atoms. The van der Waals surface area contributed by atoms with Crippen LogP contribution in [0.2, 0.25) is 0 Å². The van der Waals surface area contributed by atoms with Crippen LogP contribution in [0, 0.1) is 6.92 Å². The molecule has 0 saturated carbocycles. The first-order valence-electron chi connectivity index (χ1n) is 5.68. The average molecular weight is 249 g/mol. The van der Waals surface area contributed by atoms with Crippen molar-refractivity contribution in [3.05, 3.63) is 23.8 Å². The Kier molecular flexibility index (Phi) is 4.08. The first-order valence-corrected chi connectivity index (χ1v) is 5.68. The molecule has 1 aromatic rings. The van der Waals surface area contributed by atoms with Gasteiger partial charge in [-0.15, -0.1) is 0 Å². The molecule has 0 saturated heterocycles. The Morgan fingerprint density at radius 2 is 1.83 bits per heavy atom. The Labute approximate surface area is 107 Å². The lowest BCUT2D eigenvalue weighted by Gasteiger charge is -2.19. The van der Waals surface area contributed by atoms with Crippen LogP contribution in [-0.4, -0.2) is 17.4 Å². The highest BCUT2D eigenvalue weighted by Gasteiger charge is 2.22. The molecule has 0 aliphatic carbocycles. The third-order valence-electron chi connectivity index (χ3n) is 2.39. The summed E-state index contributed by atoms with van der Waals surface area (Å²) in [5.41, 5.74) is 6.95. The van der Waals surface area contributed by atoms with Gasteiger partial charge >= 0.3 is 0 Å². The van der Waals surface area contributed by atoms with Crippen LogP contribution >= 0.6 is 0 Å². The highest BCUT2D eigenvalue weighted by molar-refractivity contribution is 5.98. The lowest BCUT2D eigenvalue weighted by Crippen LogP contribution is -2.45. The Hall–Kier alpha value is -1.88. The zero-order valence-corrected chi connectivity index (χ0v) is 11.1. The molecule has 0 spiro atoms. The van der Waals surface area contributed by atoms with E-state index in [1.165, 1.54) is 6.92 Å². The summed E-state index contributed by atoms with van der Waals surface area (Å²) < 4.78 is 0. The maximum absolute atomic E-state index is 11.8. The summed E-state index contributed by atoms with van der Waals surface area (Å²) in [7, 11) is 0. The number of nitrogens with two attached hydrogens (primary N) is 1. The van der Waals surface area contributed by atoms with Gasteiger partial charge in [-0.25, -0.2) is 0 Å². The molecule has 0 fully saturated rings. The van der Waals surface area contributed by atoms with Crippen LogP contribution in [-0.2, 0) is 9.59 Å². The number of benzene rings is 1. The van der Waals surface area contributed by atoms with E-state index in [-0.39, 0.29) is 11.8 Å². The second-order valence-corrected chi connectivity index (χ2v) is 4.89. The van der Waals surface area contributed by atoms with E-state index in [9.17, 15) is 9.59 Å². The Bertz CT molecular complexity index is 476. The molecule has 0 atom stereocenters. The van der Waals surface area contributed by atoms with Gasteiger partial charge in [0.2, 0.25) is 11.8 Å². The minimum absolute atomic E-state index is 0.157. The minimum Gasteiger partial charge on any atom is -0.326 e. The summed E-state index contributed by atoms with van der Waals surface area (Å²) >= 11 is 0. The molecular weight excluding hydrogens is 230 g/mol. The molecule has 1 aromatic carbocycles. The fraction of sp³-hybridized carbons (Fsp3) is 0.385.